The van der Waals surface area contributed by atoms with Gasteiger partial charge in [0.05, 0.1) is 12.8 Å². The number of nitrogens with zero attached hydrogens (tertiary/aromatic N) is 2. The van der Waals surface area contributed by atoms with E-state index in [4.69, 9.17) is 9.84 Å². The van der Waals surface area contributed by atoms with Gasteiger partial charge in [-0.1, -0.05) is 22.9 Å². The zero-order chi connectivity index (χ0) is 14.9. The molecule has 2 rings (SSSR count). The van der Waals surface area contributed by atoms with Crippen LogP contribution >= 0.6 is 15.9 Å². The van der Waals surface area contributed by atoms with Crippen LogP contribution < -0.4 is 4.74 Å². The van der Waals surface area contributed by atoms with Crippen molar-refractivity contribution in [3.63, 3.8) is 0 Å². The first kappa shape index (κ1) is 14.6. The van der Waals surface area contributed by atoms with E-state index >= 15 is 0 Å². The van der Waals surface area contributed by atoms with Crippen molar-refractivity contribution in [2.45, 2.75) is 13.3 Å². The van der Waals surface area contributed by atoms with Gasteiger partial charge in [0.1, 0.15) is 5.75 Å². The standard InChI is InChI=1S/C14H15BrN2O3/c1-4-9-10(15)5-8(6-13(9)20-3)12-7-11(14(18)19)16-17(12)2/h5-7H,4H2,1-3H3,(H,18,19). The van der Waals surface area contributed by atoms with Crippen LogP contribution in [0.25, 0.3) is 11.3 Å². The molecule has 0 aliphatic heterocycles. The fraction of sp³-hybridized carbons (Fsp3) is 0.286. The van der Waals surface area contributed by atoms with E-state index in [-0.39, 0.29) is 5.69 Å². The average molecular weight is 339 g/mol. The summed E-state index contributed by atoms with van der Waals surface area (Å²) < 4.78 is 7.89. The third-order valence-electron chi connectivity index (χ3n) is 3.12. The Labute approximate surface area is 125 Å². The number of rotatable bonds is 4. The molecule has 0 saturated heterocycles. The molecule has 0 spiro atoms. The number of halogens is 1. The molecule has 6 heteroatoms. The Kier molecular flexibility index (Phi) is 4.13. The number of aromatic nitrogens is 2. The third kappa shape index (κ3) is 2.56. The molecular formula is C14H15BrN2O3. The highest BCUT2D eigenvalue weighted by Crippen LogP contribution is 2.34. The molecule has 1 aromatic carbocycles. The summed E-state index contributed by atoms with van der Waals surface area (Å²) in [6.07, 6.45) is 0.843. The van der Waals surface area contributed by atoms with Gasteiger partial charge < -0.3 is 9.84 Å². The SMILES string of the molecule is CCc1c(Br)cc(-c2cc(C(=O)O)nn2C)cc1OC. The summed E-state index contributed by atoms with van der Waals surface area (Å²) in [5, 5.41) is 13.0. The minimum absolute atomic E-state index is 0.0251. The van der Waals surface area contributed by atoms with Crippen molar-refractivity contribution in [1.82, 2.24) is 9.78 Å². The van der Waals surface area contributed by atoms with Crippen molar-refractivity contribution in [1.29, 1.82) is 0 Å². The van der Waals surface area contributed by atoms with E-state index in [0.717, 1.165) is 33.5 Å². The second-order valence-electron chi connectivity index (χ2n) is 4.34. The molecule has 0 bridgehead atoms. The maximum absolute atomic E-state index is 11.0. The Morgan fingerprint density at radius 3 is 2.65 bits per heavy atom. The molecule has 0 aliphatic carbocycles. The largest absolute Gasteiger partial charge is 0.496 e. The number of hydrogen-bond donors (Lipinski definition) is 1. The van der Waals surface area contributed by atoms with Gasteiger partial charge in [-0.15, -0.1) is 0 Å². The van der Waals surface area contributed by atoms with Gasteiger partial charge in [-0.05, 0) is 24.6 Å². The number of ether oxygens (including phenoxy) is 1. The summed E-state index contributed by atoms with van der Waals surface area (Å²) in [5.41, 5.74) is 2.69. The number of aryl methyl sites for hydroxylation is 1. The third-order valence-corrected chi connectivity index (χ3v) is 3.83. The highest BCUT2D eigenvalue weighted by atomic mass is 79.9. The summed E-state index contributed by atoms with van der Waals surface area (Å²) in [4.78, 5) is 11.0. The highest BCUT2D eigenvalue weighted by molar-refractivity contribution is 9.10. The Morgan fingerprint density at radius 2 is 2.15 bits per heavy atom. The van der Waals surface area contributed by atoms with Crippen molar-refractivity contribution in [3.8, 4) is 17.0 Å². The van der Waals surface area contributed by atoms with Gasteiger partial charge in [-0.25, -0.2) is 4.79 Å². The average Bonchev–Trinajstić information content (AvgIpc) is 2.80. The molecule has 0 aliphatic rings. The molecule has 1 heterocycles. The monoisotopic (exact) mass is 338 g/mol. The maximum atomic E-state index is 11.0. The van der Waals surface area contributed by atoms with E-state index in [1.165, 1.54) is 0 Å². The van der Waals surface area contributed by atoms with Crippen molar-refractivity contribution >= 4 is 21.9 Å². The van der Waals surface area contributed by atoms with Gasteiger partial charge in [0.25, 0.3) is 0 Å². The van der Waals surface area contributed by atoms with E-state index in [2.05, 4.69) is 28.0 Å². The zero-order valence-electron chi connectivity index (χ0n) is 11.5. The van der Waals surface area contributed by atoms with Crippen LogP contribution in [-0.2, 0) is 13.5 Å². The maximum Gasteiger partial charge on any atom is 0.356 e. The minimum atomic E-state index is -1.04. The first-order chi connectivity index (χ1) is 9.47. The molecule has 5 nitrogen and oxygen atoms in total. The minimum Gasteiger partial charge on any atom is -0.496 e. The van der Waals surface area contributed by atoms with Gasteiger partial charge >= 0.3 is 5.97 Å². The van der Waals surface area contributed by atoms with Crippen molar-refractivity contribution in [2.24, 2.45) is 7.05 Å². The Morgan fingerprint density at radius 1 is 1.45 bits per heavy atom. The summed E-state index contributed by atoms with van der Waals surface area (Å²) >= 11 is 3.53. The smallest absolute Gasteiger partial charge is 0.356 e. The van der Waals surface area contributed by atoms with Gasteiger partial charge in [0.15, 0.2) is 5.69 Å². The van der Waals surface area contributed by atoms with Crippen LogP contribution in [0.3, 0.4) is 0 Å². The van der Waals surface area contributed by atoms with Crippen LogP contribution in [0.1, 0.15) is 23.0 Å². The molecule has 0 unspecified atom stereocenters. The number of carbonyl (C=O) groups is 1. The lowest BCUT2D eigenvalue weighted by atomic mass is 10.1. The molecule has 0 radical (unpaired) electrons. The normalized spacial score (nSPS) is 10.6. The number of carboxylic acids is 1. The van der Waals surface area contributed by atoms with Gasteiger partial charge in [0.2, 0.25) is 0 Å². The topological polar surface area (TPSA) is 64.3 Å². The Hall–Kier alpha value is -1.82. The second-order valence-corrected chi connectivity index (χ2v) is 5.19. The van der Waals surface area contributed by atoms with Crippen molar-refractivity contribution in [3.05, 3.63) is 33.9 Å². The molecule has 106 valence electrons. The molecule has 1 aromatic heterocycles. The number of methoxy groups -OCH3 is 1. The predicted molar refractivity (Wildman–Crippen MR) is 79.2 cm³/mol. The molecule has 2 aromatic rings. The first-order valence-electron chi connectivity index (χ1n) is 6.12. The van der Waals surface area contributed by atoms with Crippen LogP contribution in [0.15, 0.2) is 22.7 Å². The summed E-state index contributed by atoms with van der Waals surface area (Å²) in [7, 11) is 3.34. The van der Waals surface area contributed by atoms with Crippen LogP contribution in [0.2, 0.25) is 0 Å². The van der Waals surface area contributed by atoms with E-state index in [1.807, 2.05) is 12.1 Å². The molecule has 0 saturated carbocycles. The molecule has 0 atom stereocenters. The predicted octanol–water partition coefficient (Wildman–Crippen LogP) is 3.12. The number of hydrogen-bond acceptors (Lipinski definition) is 3. The number of benzene rings is 1. The van der Waals surface area contributed by atoms with E-state index < -0.39 is 5.97 Å². The van der Waals surface area contributed by atoms with E-state index in [0.29, 0.717) is 0 Å². The van der Waals surface area contributed by atoms with E-state index in [1.54, 1.807) is 24.9 Å². The lowest BCUT2D eigenvalue weighted by Crippen LogP contribution is -1.99. The van der Waals surface area contributed by atoms with Crippen LogP contribution in [0, 0.1) is 0 Å². The second kappa shape index (κ2) is 5.66. The van der Waals surface area contributed by atoms with Crippen molar-refractivity contribution in [2.75, 3.05) is 7.11 Å². The highest BCUT2D eigenvalue weighted by Gasteiger charge is 2.15. The molecular weight excluding hydrogens is 324 g/mol. The van der Waals surface area contributed by atoms with Gasteiger partial charge in [-0.2, -0.15) is 5.10 Å². The molecule has 20 heavy (non-hydrogen) atoms. The van der Waals surface area contributed by atoms with Crippen LogP contribution in [-0.4, -0.2) is 28.0 Å². The summed E-state index contributed by atoms with van der Waals surface area (Å²) in [5.74, 6) is -0.266. The van der Waals surface area contributed by atoms with Crippen LogP contribution in [0.4, 0.5) is 0 Å². The lowest BCUT2D eigenvalue weighted by molar-refractivity contribution is 0.0689. The fourth-order valence-electron chi connectivity index (χ4n) is 2.13. The Balaban J connectivity index is 2.58. The Bertz CT molecular complexity index is 665. The molecule has 0 fully saturated rings. The van der Waals surface area contributed by atoms with Crippen molar-refractivity contribution < 1.29 is 14.6 Å². The quantitative estimate of drug-likeness (QED) is 0.930. The van der Waals surface area contributed by atoms with Crippen LogP contribution in [0.5, 0.6) is 5.75 Å². The number of carboxylic acid groups (broad SMARTS) is 1. The summed E-state index contributed by atoms with van der Waals surface area (Å²) in [6.45, 7) is 2.05. The molecule has 1 N–H and O–H groups in total. The van der Waals surface area contributed by atoms with Gasteiger partial charge in [-0.3, -0.25) is 4.68 Å². The fourth-order valence-corrected chi connectivity index (χ4v) is 2.85. The van der Waals surface area contributed by atoms with Gasteiger partial charge in [0, 0.05) is 22.6 Å². The number of aromatic carboxylic acids is 1. The summed E-state index contributed by atoms with van der Waals surface area (Å²) in [6, 6.07) is 5.39. The lowest BCUT2D eigenvalue weighted by Gasteiger charge is -2.12. The van der Waals surface area contributed by atoms with E-state index in [9.17, 15) is 4.79 Å². The molecule has 0 amide bonds. The first-order valence-corrected chi connectivity index (χ1v) is 6.91. The zero-order valence-corrected chi connectivity index (χ0v) is 13.1.